The van der Waals surface area contributed by atoms with Crippen LogP contribution in [0, 0.1) is 5.82 Å². The van der Waals surface area contributed by atoms with Gasteiger partial charge in [0.25, 0.3) is 0 Å². The second kappa shape index (κ2) is 7.26. The standard InChI is InChI=1S/C18H15ClFN7/c19-13-6-12(3-4-14(13)20)25-17-16-15(23-10-24-17)8-22-18(26-16)27-5-1-2-11(7-21)9-27/h1-6,8,10H,7,9,21H2,(H,23,24,25). The fourth-order valence-electron chi connectivity index (χ4n) is 2.66. The number of hydrogen-bond donors (Lipinski definition) is 2. The summed E-state index contributed by atoms with van der Waals surface area (Å²) in [5, 5.41) is 3.13. The average Bonchev–Trinajstić information content (AvgIpc) is 2.71. The van der Waals surface area contributed by atoms with E-state index in [0.29, 0.717) is 41.6 Å². The van der Waals surface area contributed by atoms with E-state index in [1.165, 1.54) is 18.5 Å². The Morgan fingerprint density at radius 3 is 2.96 bits per heavy atom. The van der Waals surface area contributed by atoms with Crippen molar-refractivity contribution in [1.29, 1.82) is 0 Å². The van der Waals surface area contributed by atoms with Crippen molar-refractivity contribution in [2.75, 3.05) is 23.3 Å². The van der Waals surface area contributed by atoms with Crippen molar-refractivity contribution in [3.63, 3.8) is 0 Å². The van der Waals surface area contributed by atoms with Gasteiger partial charge < -0.3 is 16.0 Å². The third-order valence-corrected chi connectivity index (χ3v) is 4.33. The van der Waals surface area contributed by atoms with Gasteiger partial charge in [-0.2, -0.15) is 0 Å². The second-order valence-electron chi connectivity index (χ2n) is 5.88. The number of fused-ring (bicyclic) bond motifs is 1. The monoisotopic (exact) mass is 383 g/mol. The van der Waals surface area contributed by atoms with Gasteiger partial charge in [0.15, 0.2) is 5.82 Å². The fraction of sp³-hybridized carbons (Fsp3) is 0.111. The van der Waals surface area contributed by atoms with Gasteiger partial charge in [-0.3, -0.25) is 0 Å². The highest BCUT2D eigenvalue weighted by molar-refractivity contribution is 6.31. The molecule has 1 aliphatic rings. The molecule has 9 heteroatoms. The number of anilines is 3. The van der Waals surface area contributed by atoms with E-state index in [1.807, 2.05) is 23.3 Å². The molecule has 0 saturated heterocycles. The number of hydrogen-bond acceptors (Lipinski definition) is 7. The minimum Gasteiger partial charge on any atom is -0.338 e. The van der Waals surface area contributed by atoms with E-state index < -0.39 is 5.82 Å². The third kappa shape index (κ3) is 3.57. The number of aromatic nitrogens is 4. The van der Waals surface area contributed by atoms with E-state index in [1.54, 1.807) is 12.3 Å². The van der Waals surface area contributed by atoms with E-state index in [9.17, 15) is 4.39 Å². The highest BCUT2D eigenvalue weighted by atomic mass is 35.5. The summed E-state index contributed by atoms with van der Waals surface area (Å²) in [5.74, 6) is 0.495. The molecule has 1 aliphatic heterocycles. The molecule has 3 aromatic rings. The number of allylic oxidation sites excluding steroid dienone is 2. The zero-order valence-corrected chi connectivity index (χ0v) is 14.9. The van der Waals surface area contributed by atoms with Gasteiger partial charge in [-0.15, -0.1) is 0 Å². The molecule has 0 spiro atoms. The maximum absolute atomic E-state index is 13.4. The first-order chi connectivity index (χ1) is 13.1. The van der Waals surface area contributed by atoms with Gasteiger partial charge in [-0.1, -0.05) is 17.7 Å². The SMILES string of the molecule is NCC1=CC=CN(c2ncc3ncnc(Nc4ccc(F)c(Cl)c4)c3n2)C1. The molecule has 27 heavy (non-hydrogen) atoms. The molecular formula is C18H15ClFN7. The molecule has 1 aromatic carbocycles. The molecule has 136 valence electrons. The molecule has 3 heterocycles. The molecule has 0 aliphatic carbocycles. The zero-order chi connectivity index (χ0) is 18.8. The maximum atomic E-state index is 13.4. The van der Waals surface area contributed by atoms with Crippen molar-refractivity contribution in [1.82, 2.24) is 19.9 Å². The normalized spacial score (nSPS) is 13.7. The highest BCUT2D eigenvalue weighted by Gasteiger charge is 2.14. The number of rotatable bonds is 4. The Labute approximate surface area is 159 Å². The molecule has 0 atom stereocenters. The lowest BCUT2D eigenvalue weighted by molar-refractivity contribution is 0.628. The van der Waals surface area contributed by atoms with Gasteiger partial charge in [0.05, 0.1) is 11.2 Å². The van der Waals surface area contributed by atoms with E-state index in [4.69, 9.17) is 17.3 Å². The number of nitrogens with one attached hydrogen (secondary N) is 1. The van der Waals surface area contributed by atoms with E-state index in [2.05, 4.69) is 25.3 Å². The smallest absolute Gasteiger partial charge is 0.230 e. The lowest BCUT2D eigenvalue weighted by Gasteiger charge is -2.22. The Kier molecular flexibility index (Phi) is 4.66. The maximum Gasteiger partial charge on any atom is 0.230 e. The third-order valence-electron chi connectivity index (χ3n) is 4.04. The Bertz CT molecular complexity index is 1070. The lowest BCUT2D eigenvalue weighted by atomic mass is 10.2. The van der Waals surface area contributed by atoms with Crippen LogP contribution in [0.2, 0.25) is 5.02 Å². The summed E-state index contributed by atoms with van der Waals surface area (Å²) in [6.45, 7) is 1.08. The Hall–Kier alpha value is -3.10. The molecular weight excluding hydrogens is 369 g/mol. The topological polar surface area (TPSA) is 92.9 Å². The van der Waals surface area contributed by atoms with Crippen LogP contribution in [0.15, 0.2) is 54.6 Å². The Balaban J connectivity index is 1.70. The first-order valence-corrected chi connectivity index (χ1v) is 8.54. The van der Waals surface area contributed by atoms with Crippen molar-refractivity contribution in [2.24, 2.45) is 5.73 Å². The van der Waals surface area contributed by atoms with Crippen molar-refractivity contribution in [2.45, 2.75) is 0 Å². The second-order valence-corrected chi connectivity index (χ2v) is 6.29. The van der Waals surface area contributed by atoms with Gasteiger partial charge in [-0.05, 0) is 29.8 Å². The fourth-order valence-corrected chi connectivity index (χ4v) is 2.84. The zero-order valence-electron chi connectivity index (χ0n) is 14.1. The molecule has 0 saturated carbocycles. The summed E-state index contributed by atoms with van der Waals surface area (Å²) in [4.78, 5) is 19.3. The first-order valence-electron chi connectivity index (χ1n) is 8.17. The summed E-state index contributed by atoms with van der Waals surface area (Å²) in [6, 6.07) is 4.34. The number of benzene rings is 1. The van der Waals surface area contributed by atoms with Crippen LogP contribution >= 0.6 is 11.6 Å². The molecule has 0 fully saturated rings. The molecule has 0 unspecified atom stereocenters. The van der Waals surface area contributed by atoms with Crippen LogP contribution in [0.1, 0.15) is 0 Å². The van der Waals surface area contributed by atoms with Crippen LogP contribution in [0.5, 0.6) is 0 Å². The van der Waals surface area contributed by atoms with Crippen LogP contribution < -0.4 is 16.0 Å². The van der Waals surface area contributed by atoms with Crippen LogP contribution in [0.3, 0.4) is 0 Å². The summed E-state index contributed by atoms with van der Waals surface area (Å²) >= 11 is 5.85. The molecule has 0 bridgehead atoms. The number of nitrogens with zero attached hydrogens (tertiary/aromatic N) is 5. The molecule has 0 radical (unpaired) electrons. The van der Waals surface area contributed by atoms with Crippen LogP contribution in [-0.2, 0) is 0 Å². The highest BCUT2D eigenvalue weighted by Crippen LogP contribution is 2.26. The molecule has 4 rings (SSSR count). The van der Waals surface area contributed by atoms with Crippen molar-refractivity contribution in [3.8, 4) is 0 Å². The van der Waals surface area contributed by atoms with Gasteiger partial charge in [0, 0.05) is 25.0 Å². The molecule has 2 aromatic heterocycles. The van der Waals surface area contributed by atoms with Crippen molar-refractivity contribution in [3.05, 3.63) is 65.5 Å². The Morgan fingerprint density at radius 2 is 2.15 bits per heavy atom. The van der Waals surface area contributed by atoms with Gasteiger partial charge in [-0.25, -0.2) is 24.3 Å². The summed E-state index contributed by atoms with van der Waals surface area (Å²) in [6.07, 6.45) is 8.81. The minimum atomic E-state index is -0.486. The minimum absolute atomic E-state index is 0.0215. The van der Waals surface area contributed by atoms with Crippen molar-refractivity contribution < 1.29 is 4.39 Å². The van der Waals surface area contributed by atoms with E-state index in [-0.39, 0.29) is 5.02 Å². The van der Waals surface area contributed by atoms with Crippen LogP contribution in [-0.4, -0.2) is 33.0 Å². The average molecular weight is 384 g/mol. The number of halogens is 2. The first kappa shape index (κ1) is 17.3. The molecule has 7 nitrogen and oxygen atoms in total. The largest absolute Gasteiger partial charge is 0.338 e. The van der Waals surface area contributed by atoms with Crippen LogP contribution in [0.4, 0.5) is 21.8 Å². The van der Waals surface area contributed by atoms with E-state index >= 15 is 0 Å². The lowest BCUT2D eigenvalue weighted by Crippen LogP contribution is -2.26. The quantitative estimate of drug-likeness (QED) is 0.714. The predicted octanol–water partition coefficient (Wildman–Crippen LogP) is 3.17. The summed E-state index contributed by atoms with van der Waals surface area (Å²) < 4.78 is 13.4. The predicted molar refractivity (Wildman–Crippen MR) is 103 cm³/mol. The van der Waals surface area contributed by atoms with Crippen LogP contribution in [0.25, 0.3) is 11.0 Å². The molecule has 0 amide bonds. The Morgan fingerprint density at radius 1 is 1.26 bits per heavy atom. The van der Waals surface area contributed by atoms with Crippen molar-refractivity contribution >= 4 is 40.1 Å². The van der Waals surface area contributed by atoms with E-state index in [0.717, 1.165) is 5.57 Å². The van der Waals surface area contributed by atoms with Gasteiger partial charge in [0.2, 0.25) is 5.95 Å². The molecule has 3 N–H and O–H groups in total. The summed E-state index contributed by atoms with van der Waals surface area (Å²) in [5.41, 5.74) is 8.52. The van der Waals surface area contributed by atoms with Gasteiger partial charge >= 0.3 is 0 Å². The number of nitrogens with two attached hydrogens (primary N) is 1. The van der Waals surface area contributed by atoms with Gasteiger partial charge in [0.1, 0.15) is 23.2 Å². The summed E-state index contributed by atoms with van der Waals surface area (Å²) in [7, 11) is 0.